The number of benzene rings is 1. The van der Waals surface area contributed by atoms with Crippen LogP contribution in [-0.2, 0) is 26.2 Å². The fourth-order valence-electron chi connectivity index (χ4n) is 5.10. The van der Waals surface area contributed by atoms with Crippen molar-refractivity contribution in [3.63, 3.8) is 0 Å². The van der Waals surface area contributed by atoms with Crippen molar-refractivity contribution in [1.82, 2.24) is 30.0 Å². The molecular formula is C23H24ClF5N6O5. The normalized spacial score (nSPS) is 29.3. The second kappa shape index (κ2) is 10.9. The Labute approximate surface area is 228 Å². The first-order valence-electron chi connectivity index (χ1n) is 12.1. The van der Waals surface area contributed by atoms with Crippen LogP contribution in [0.25, 0.3) is 11.3 Å². The Morgan fingerprint density at radius 2 is 1.93 bits per heavy atom. The van der Waals surface area contributed by atoms with Crippen LogP contribution in [-0.4, -0.2) is 97.7 Å². The molecule has 3 aromatic rings. The number of rotatable bonds is 7. The Kier molecular flexibility index (Phi) is 7.84. The van der Waals surface area contributed by atoms with Gasteiger partial charge in [-0.05, 0) is 12.1 Å². The lowest BCUT2D eigenvalue weighted by atomic mass is 9.90. The summed E-state index contributed by atoms with van der Waals surface area (Å²) in [5, 5.41) is 35.9. The molecule has 0 amide bonds. The van der Waals surface area contributed by atoms with E-state index in [2.05, 4.69) is 20.6 Å². The molecule has 40 heavy (non-hydrogen) atoms. The Morgan fingerprint density at radius 1 is 1.15 bits per heavy atom. The minimum Gasteiger partial charge on any atom is -0.394 e. The predicted octanol–water partition coefficient (Wildman–Crippen LogP) is 2.07. The van der Waals surface area contributed by atoms with Gasteiger partial charge in [-0.1, -0.05) is 22.0 Å². The molecule has 4 heterocycles. The van der Waals surface area contributed by atoms with Crippen molar-refractivity contribution < 1.29 is 46.4 Å². The molecule has 1 aromatic carbocycles. The quantitative estimate of drug-likeness (QED) is 0.312. The van der Waals surface area contributed by atoms with E-state index in [-0.39, 0.29) is 36.4 Å². The summed E-state index contributed by atoms with van der Waals surface area (Å²) >= 11 is 5.62. The van der Waals surface area contributed by atoms with E-state index in [9.17, 15) is 32.2 Å². The van der Waals surface area contributed by atoms with Gasteiger partial charge in [0.2, 0.25) is 0 Å². The summed E-state index contributed by atoms with van der Waals surface area (Å²) in [6.07, 6.45) is -7.15. The first-order chi connectivity index (χ1) is 19.0. The highest BCUT2D eigenvalue weighted by Crippen LogP contribution is 2.43. The van der Waals surface area contributed by atoms with Gasteiger partial charge < -0.3 is 24.4 Å². The summed E-state index contributed by atoms with van der Waals surface area (Å²) in [7, 11) is 1.32. The van der Waals surface area contributed by atoms with Crippen molar-refractivity contribution in [1.29, 1.82) is 0 Å². The van der Waals surface area contributed by atoms with E-state index in [4.69, 9.17) is 25.8 Å². The molecule has 2 fully saturated rings. The third kappa shape index (κ3) is 4.86. The monoisotopic (exact) mass is 594 g/mol. The molecule has 0 unspecified atom stereocenters. The van der Waals surface area contributed by atoms with Gasteiger partial charge in [-0.2, -0.15) is 13.2 Å². The van der Waals surface area contributed by atoms with Gasteiger partial charge in [-0.15, -0.1) is 10.2 Å². The number of nitrogens with zero attached hydrogens (tertiary/aromatic N) is 6. The third-order valence-electron chi connectivity index (χ3n) is 7.28. The standard InChI is InChI=1S/C23H24ClF5N6O5/c1-38-21-15(6-11-7-35(33-30-11)22(23(27,28)29)4-5-39-10-22)40-16(9-36)20(37)19(21)34-8-14(31-32-34)12-2-3-13(24)18(26)17(12)25/h2-3,7-8,15-16,19-21,36-37H,4-6,9-10H2,1H3/t15-,16-,19+,20+,21+,22+/m1/s1. The average molecular weight is 595 g/mol. The van der Waals surface area contributed by atoms with Crippen LogP contribution in [0.2, 0.25) is 5.02 Å². The summed E-state index contributed by atoms with van der Waals surface area (Å²) in [5.74, 6) is -2.51. The molecule has 0 aliphatic carbocycles. The van der Waals surface area contributed by atoms with Crippen LogP contribution in [0, 0.1) is 11.6 Å². The predicted molar refractivity (Wildman–Crippen MR) is 125 cm³/mol. The third-order valence-corrected chi connectivity index (χ3v) is 7.57. The molecule has 17 heteroatoms. The van der Waals surface area contributed by atoms with E-state index in [1.54, 1.807) is 0 Å². The minimum atomic E-state index is -4.64. The molecule has 11 nitrogen and oxygen atoms in total. The highest BCUT2D eigenvalue weighted by Gasteiger charge is 2.59. The van der Waals surface area contributed by atoms with E-state index in [0.29, 0.717) is 0 Å². The van der Waals surface area contributed by atoms with Gasteiger partial charge in [0, 0.05) is 38.3 Å². The molecule has 6 atom stereocenters. The van der Waals surface area contributed by atoms with Crippen LogP contribution in [0.4, 0.5) is 22.0 Å². The fourth-order valence-corrected chi connectivity index (χ4v) is 5.24. The summed E-state index contributed by atoms with van der Waals surface area (Å²) in [5.41, 5.74) is -2.53. The number of alkyl halides is 3. The SMILES string of the molecule is CO[C@@H]1[C@@H](n2cc(-c3ccc(Cl)c(F)c3F)nn2)[C@@H](O)[C@@H](CO)O[C@@H]1Cc1cn([C@@]2(C(F)(F)F)CCOC2)nn1. The first kappa shape index (κ1) is 28.8. The molecule has 218 valence electrons. The van der Waals surface area contributed by atoms with E-state index in [1.807, 2.05) is 0 Å². The van der Waals surface area contributed by atoms with E-state index in [1.165, 1.54) is 24.1 Å². The molecule has 0 spiro atoms. The van der Waals surface area contributed by atoms with Gasteiger partial charge in [0.25, 0.3) is 0 Å². The summed E-state index contributed by atoms with van der Waals surface area (Å²) in [4.78, 5) is 0. The summed E-state index contributed by atoms with van der Waals surface area (Å²) < 4.78 is 88.6. The lowest BCUT2D eigenvalue weighted by molar-refractivity contribution is -0.217. The van der Waals surface area contributed by atoms with E-state index < -0.39 is 72.0 Å². The van der Waals surface area contributed by atoms with Crippen molar-refractivity contribution in [2.24, 2.45) is 0 Å². The first-order valence-corrected chi connectivity index (χ1v) is 12.5. The number of hydrogen-bond acceptors (Lipinski definition) is 9. The van der Waals surface area contributed by atoms with Gasteiger partial charge in [-0.3, -0.25) is 0 Å². The Balaban J connectivity index is 1.44. The van der Waals surface area contributed by atoms with Crippen LogP contribution in [0.3, 0.4) is 0 Å². The zero-order valence-electron chi connectivity index (χ0n) is 20.8. The zero-order valence-corrected chi connectivity index (χ0v) is 21.6. The largest absolute Gasteiger partial charge is 0.416 e. The van der Waals surface area contributed by atoms with Crippen molar-refractivity contribution in [2.75, 3.05) is 26.9 Å². The lowest BCUT2D eigenvalue weighted by Gasteiger charge is -2.43. The smallest absolute Gasteiger partial charge is 0.394 e. The molecule has 2 aliphatic heterocycles. The van der Waals surface area contributed by atoms with Gasteiger partial charge in [0.15, 0.2) is 17.2 Å². The van der Waals surface area contributed by atoms with Crippen molar-refractivity contribution >= 4 is 11.6 Å². The summed E-state index contributed by atoms with van der Waals surface area (Å²) in [6.45, 7) is -1.31. The van der Waals surface area contributed by atoms with Crippen molar-refractivity contribution in [3.8, 4) is 11.3 Å². The lowest BCUT2D eigenvalue weighted by Crippen LogP contribution is -2.57. The molecule has 0 saturated carbocycles. The molecule has 5 rings (SSSR count). The molecule has 2 saturated heterocycles. The average Bonchev–Trinajstić information content (AvgIpc) is 3.69. The van der Waals surface area contributed by atoms with Crippen molar-refractivity contribution in [3.05, 3.63) is 46.9 Å². The van der Waals surface area contributed by atoms with Gasteiger partial charge >= 0.3 is 6.18 Å². The molecule has 2 aromatic heterocycles. The number of hydrogen-bond donors (Lipinski definition) is 2. The molecular weight excluding hydrogens is 571 g/mol. The zero-order chi connectivity index (χ0) is 28.8. The maximum absolute atomic E-state index is 14.5. The number of aliphatic hydroxyl groups is 2. The number of aromatic nitrogens is 6. The van der Waals surface area contributed by atoms with Crippen LogP contribution in [0.15, 0.2) is 24.5 Å². The second-order valence-electron chi connectivity index (χ2n) is 9.57. The van der Waals surface area contributed by atoms with Crippen LogP contribution < -0.4 is 0 Å². The molecule has 2 aliphatic rings. The van der Waals surface area contributed by atoms with E-state index in [0.717, 1.165) is 16.9 Å². The van der Waals surface area contributed by atoms with Gasteiger partial charge in [0.05, 0.1) is 36.2 Å². The maximum atomic E-state index is 14.5. The number of ether oxygens (including phenoxy) is 3. The molecule has 2 N–H and O–H groups in total. The van der Waals surface area contributed by atoms with Gasteiger partial charge in [-0.25, -0.2) is 18.1 Å². The van der Waals surface area contributed by atoms with Gasteiger partial charge in [0.1, 0.15) is 30.0 Å². The van der Waals surface area contributed by atoms with Crippen LogP contribution >= 0.6 is 11.6 Å². The van der Waals surface area contributed by atoms with Crippen LogP contribution in [0.1, 0.15) is 18.2 Å². The Hall–Kier alpha value is -2.76. The van der Waals surface area contributed by atoms with Crippen molar-refractivity contribution in [2.45, 2.75) is 55.0 Å². The summed E-state index contributed by atoms with van der Waals surface area (Å²) in [6, 6.07) is 1.32. The minimum absolute atomic E-state index is 0.0714. The number of methoxy groups -OCH3 is 1. The topological polar surface area (TPSA) is 130 Å². The van der Waals surface area contributed by atoms with Crippen LogP contribution in [0.5, 0.6) is 0 Å². The number of aliphatic hydroxyl groups excluding tert-OH is 2. The maximum Gasteiger partial charge on any atom is 0.416 e. The second-order valence-corrected chi connectivity index (χ2v) is 9.98. The Morgan fingerprint density at radius 3 is 2.58 bits per heavy atom. The highest BCUT2D eigenvalue weighted by atomic mass is 35.5. The molecule has 0 radical (unpaired) electrons. The fraction of sp³-hybridized carbons (Fsp3) is 0.565. The van der Waals surface area contributed by atoms with E-state index >= 15 is 0 Å². The Bertz CT molecular complexity index is 1350. The number of halogens is 6. The highest BCUT2D eigenvalue weighted by molar-refractivity contribution is 6.30. The molecule has 0 bridgehead atoms.